The van der Waals surface area contributed by atoms with Crippen molar-refractivity contribution in [3.63, 3.8) is 0 Å². The van der Waals surface area contributed by atoms with Gasteiger partial charge < -0.3 is 18.6 Å². The van der Waals surface area contributed by atoms with Crippen LogP contribution in [-0.4, -0.2) is 14.2 Å². The molecule has 4 aromatic rings. The van der Waals surface area contributed by atoms with Crippen molar-refractivity contribution < 1.29 is 23.0 Å². The average Bonchev–Trinajstić information content (AvgIpc) is 2.79. The number of fused-ring (bicyclic) bond motifs is 1. The van der Waals surface area contributed by atoms with Crippen LogP contribution in [0, 0.1) is 5.82 Å². The molecule has 0 aliphatic carbocycles. The van der Waals surface area contributed by atoms with Gasteiger partial charge in [-0.05, 0) is 57.9 Å². The third-order valence-corrected chi connectivity index (χ3v) is 5.34. The largest absolute Gasteiger partial charge is 0.493 e. The molecule has 0 aliphatic heterocycles. The Labute approximate surface area is 186 Å². The maximum atomic E-state index is 13.2. The van der Waals surface area contributed by atoms with E-state index in [1.54, 1.807) is 48.5 Å². The van der Waals surface area contributed by atoms with E-state index in [4.69, 9.17) is 18.6 Å². The minimum absolute atomic E-state index is 0.0575. The van der Waals surface area contributed by atoms with Gasteiger partial charge in [0.05, 0.1) is 24.1 Å². The van der Waals surface area contributed by atoms with E-state index in [2.05, 4.69) is 15.9 Å². The first kappa shape index (κ1) is 20.9. The molecule has 0 unspecified atom stereocenters. The standard InChI is InChI=1S/C24H18BrFO5/c1-28-20-12-15(11-18(25)23(20)29-2)22-24(30-13-14-7-9-16(26)10-8-14)21(27)17-5-3-4-6-19(17)31-22/h3-12H,13H2,1-2H3. The van der Waals surface area contributed by atoms with Gasteiger partial charge in [-0.2, -0.15) is 0 Å². The molecule has 0 bridgehead atoms. The molecule has 1 aromatic heterocycles. The number of para-hydroxylation sites is 1. The summed E-state index contributed by atoms with van der Waals surface area (Å²) in [4.78, 5) is 13.2. The van der Waals surface area contributed by atoms with Crippen molar-refractivity contribution in [2.24, 2.45) is 0 Å². The van der Waals surface area contributed by atoms with E-state index in [-0.39, 0.29) is 29.4 Å². The molecule has 3 aromatic carbocycles. The molecular weight excluding hydrogens is 467 g/mol. The summed E-state index contributed by atoms with van der Waals surface area (Å²) >= 11 is 3.47. The van der Waals surface area contributed by atoms with Gasteiger partial charge in [0, 0.05) is 5.56 Å². The summed E-state index contributed by atoms with van der Waals surface area (Å²) in [6.45, 7) is 0.0742. The van der Waals surface area contributed by atoms with Gasteiger partial charge in [0.25, 0.3) is 0 Å². The Morgan fingerprint density at radius 2 is 1.71 bits per heavy atom. The van der Waals surface area contributed by atoms with Crippen molar-refractivity contribution in [1.29, 1.82) is 0 Å². The van der Waals surface area contributed by atoms with E-state index in [9.17, 15) is 9.18 Å². The summed E-state index contributed by atoms with van der Waals surface area (Å²) < 4.78 is 36.6. The number of benzene rings is 3. The number of ether oxygens (including phenoxy) is 3. The first-order valence-corrected chi connectivity index (χ1v) is 10.2. The van der Waals surface area contributed by atoms with Gasteiger partial charge >= 0.3 is 0 Å². The Bertz CT molecular complexity index is 1300. The van der Waals surface area contributed by atoms with Gasteiger partial charge in [0.1, 0.15) is 18.0 Å². The molecule has 5 nitrogen and oxygen atoms in total. The average molecular weight is 485 g/mol. The van der Waals surface area contributed by atoms with Crippen molar-refractivity contribution >= 4 is 26.9 Å². The Morgan fingerprint density at radius 1 is 0.968 bits per heavy atom. The molecule has 0 amide bonds. The van der Waals surface area contributed by atoms with Gasteiger partial charge in [-0.1, -0.05) is 24.3 Å². The molecule has 0 saturated heterocycles. The lowest BCUT2D eigenvalue weighted by Gasteiger charge is -2.15. The summed E-state index contributed by atoms with van der Waals surface area (Å²) in [5.74, 6) is 0.953. The summed E-state index contributed by atoms with van der Waals surface area (Å²) in [5, 5.41) is 0.403. The van der Waals surface area contributed by atoms with E-state index in [1.807, 2.05) is 0 Å². The molecule has 1 heterocycles. The molecule has 0 saturated carbocycles. The molecule has 7 heteroatoms. The number of hydrogen-bond acceptors (Lipinski definition) is 5. The van der Waals surface area contributed by atoms with Gasteiger partial charge in [0.15, 0.2) is 17.3 Å². The normalized spacial score (nSPS) is 10.8. The Kier molecular flexibility index (Phi) is 5.95. The number of rotatable bonds is 6. The molecule has 158 valence electrons. The molecule has 0 N–H and O–H groups in total. The topological polar surface area (TPSA) is 57.9 Å². The van der Waals surface area contributed by atoms with Gasteiger partial charge in [-0.25, -0.2) is 4.39 Å². The second kappa shape index (κ2) is 8.81. The first-order valence-electron chi connectivity index (χ1n) is 9.36. The molecule has 0 fully saturated rings. The quantitative estimate of drug-likeness (QED) is 0.338. The molecule has 4 rings (SSSR count). The van der Waals surface area contributed by atoms with E-state index in [0.29, 0.717) is 38.1 Å². The fraction of sp³-hybridized carbons (Fsp3) is 0.125. The van der Waals surface area contributed by atoms with E-state index in [0.717, 1.165) is 0 Å². The predicted molar refractivity (Wildman–Crippen MR) is 119 cm³/mol. The predicted octanol–water partition coefficient (Wildman–Crippen LogP) is 5.96. The summed E-state index contributed by atoms with van der Waals surface area (Å²) in [7, 11) is 3.06. The Hall–Kier alpha value is -3.32. The van der Waals surface area contributed by atoms with Crippen LogP contribution in [0.1, 0.15) is 5.56 Å². The van der Waals surface area contributed by atoms with Crippen LogP contribution in [0.15, 0.2) is 74.3 Å². The number of hydrogen-bond donors (Lipinski definition) is 0. The van der Waals surface area contributed by atoms with Gasteiger partial charge in [-0.3, -0.25) is 4.79 Å². The van der Waals surface area contributed by atoms with Crippen LogP contribution in [0.2, 0.25) is 0 Å². The molecular formula is C24H18BrFO5. The van der Waals surface area contributed by atoms with E-state index < -0.39 is 0 Å². The molecule has 0 radical (unpaired) electrons. The van der Waals surface area contributed by atoms with Gasteiger partial charge in [-0.15, -0.1) is 0 Å². The first-order chi connectivity index (χ1) is 15.0. The van der Waals surface area contributed by atoms with Crippen LogP contribution >= 0.6 is 15.9 Å². The maximum Gasteiger partial charge on any atom is 0.235 e. The fourth-order valence-corrected chi connectivity index (χ4v) is 3.84. The Balaban J connectivity index is 1.87. The highest BCUT2D eigenvalue weighted by Gasteiger charge is 2.21. The smallest absolute Gasteiger partial charge is 0.235 e. The van der Waals surface area contributed by atoms with E-state index in [1.165, 1.54) is 26.4 Å². The van der Waals surface area contributed by atoms with Crippen LogP contribution in [-0.2, 0) is 6.61 Å². The SMILES string of the molecule is COc1cc(-c2oc3ccccc3c(=O)c2OCc2ccc(F)cc2)cc(Br)c1OC. The van der Waals surface area contributed by atoms with Crippen LogP contribution in [0.25, 0.3) is 22.3 Å². The minimum atomic E-state index is -0.343. The van der Waals surface area contributed by atoms with Crippen molar-refractivity contribution in [2.45, 2.75) is 6.61 Å². The van der Waals surface area contributed by atoms with E-state index >= 15 is 0 Å². The zero-order valence-corrected chi connectivity index (χ0v) is 18.4. The van der Waals surface area contributed by atoms with Crippen LogP contribution in [0.3, 0.4) is 0 Å². The lowest BCUT2D eigenvalue weighted by molar-refractivity contribution is 0.297. The monoisotopic (exact) mass is 484 g/mol. The van der Waals surface area contributed by atoms with Crippen molar-refractivity contribution in [3.8, 4) is 28.6 Å². The molecule has 0 spiro atoms. The summed E-state index contributed by atoms with van der Waals surface area (Å²) in [5.41, 5.74) is 1.42. The lowest BCUT2D eigenvalue weighted by Crippen LogP contribution is -2.10. The van der Waals surface area contributed by atoms with Gasteiger partial charge in [0.2, 0.25) is 11.2 Å². The molecule has 0 atom stereocenters. The third kappa shape index (κ3) is 4.14. The highest BCUT2D eigenvalue weighted by Crippen LogP contribution is 2.41. The second-order valence-electron chi connectivity index (χ2n) is 6.69. The fourth-order valence-electron chi connectivity index (χ4n) is 3.23. The zero-order chi connectivity index (χ0) is 22.0. The highest BCUT2D eigenvalue weighted by molar-refractivity contribution is 9.10. The summed E-state index contributed by atoms with van der Waals surface area (Å²) in [6, 6.07) is 16.3. The van der Waals surface area contributed by atoms with Crippen molar-refractivity contribution in [1.82, 2.24) is 0 Å². The minimum Gasteiger partial charge on any atom is -0.493 e. The summed E-state index contributed by atoms with van der Waals surface area (Å²) in [6.07, 6.45) is 0. The number of halogens is 2. The van der Waals surface area contributed by atoms with Crippen LogP contribution < -0.4 is 19.6 Å². The van der Waals surface area contributed by atoms with Crippen LogP contribution in [0.4, 0.5) is 4.39 Å². The van der Waals surface area contributed by atoms with Crippen LogP contribution in [0.5, 0.6) is 17.2 Å². The number of methoxy groups -OCH3 is 2. The van der Waals surface area contributed by atoms with Crippen molar-refractivity contribution in [2.75, 3.05) is 14.2 Å². The second-order valence-corrected chi connectivity index (χ2v) is 7.55. The maximum absolute atomic E-state index is 13.2. The zero-order valence-electron chi connectivity index (χ0n) is 16.8. The molecule has 0 aliphatic rings. The Morgan fingerprint density at radius 3 is 2.42 bits per heavy atom. The molecule has 31 heavy (non-hydrogen) atoms. The third-order valence-electron chi connectivity index (χ3n) is 4.75. The highest BCUT2D eigenvalue weighted by atomic mass is 79.9. The lowest BCUT2D eigenvalue weighted by atomic mass is 10.1. The van der Waals surface area contributed by atoms with Crippen molar-refractivity contribution in [3.05, 3.63) is 86.7 Å².